The number of rotatable bonds is 5. The fourth-order valence-electron chi connectivity index (χ4n) is 2.80. The summed E-state index contributed by atoms with van der Waals surface area (Å²) >= 11 is 6.26. The molecule has 0 radical (unpaired) electrons. The highest BCUT2D eigenvalue weighted by Gasteiger charge is 2.25. The molecule has 20 heavy (non-hydrogen) atoms. The van der Waals surface area contributed by atoms with Crippen LogP contribution < -0.4 is 10.2 Å². The lowest BCUT2D eigenvalue weighted by Crippen LogP contribution is -2.43. The Bertz CT molecular complexity index is 436. The van der Waals surface area contributed by atoms with Gasteiger partial charge in [0.2, 0.25) is 0 Å². The number of halogens is 1. The Morgan fingerprint density at radius 3 is 2.95 bits per heavy atom. The predicted molar refractivity (Wildman–Crippen MR) is 86.5 cm³/mol. The van der Waals surface area contributed by atoms with Crippen molar-refractivity contribution in [2.45, 2.75) is 52.6 Å². The molecular weight excluding hydrogens is 270 g/mol. The van der Waals surface area contributed by atoms with Gasteiger partial charge in [0.05, 0.1) is 10.7 Å². The van der Waals surface area contributed by atoms with E-state index in [-0.39, 0.29) is 0 Å². The average molecular weight is 296 g/mol. The average Bonchev–Trinajstić information content (AvgIpc) is 2.44. The lowest BCUT2D eigenvalue weighted by Gasteiger charge is -2.39. The second-order valence-electron chi connectivity index (χ2n) is 5.83. The van der Waals surface area contributed by atoms with Gasteiger partial charge in [-0.15, -0.1) is 0 Å². The first-order valence-corrected chi connectivity index (χ1v) is 8.14. The van der Waals surface area contributed by atoms with E-state index in [0.29, 0.717) is 6.04 Å². The molecule has 0 aromatic carbocycles. The zero-order valence-electron chi connectivity index (χ0n) is 12.8. The molecule has 4 heteroatoms. The van der Waals surface area contributed by atoms with Crippen LogP contribution in [0, 0.1) is 5.92 Å². The highest BCUT2D eigenvalue weighted by molar-refractivity contribution is 6.31. The molecule has 1 N–H and O–H groups in total. The summed E-state index contributed by atoms with van der Waals surface area (Å²) in [6.07, 6.45) is 3.69. The Hall–Kier alpha value is -0.800. The zero-order valence-corrected chi connectivity index (χ0v) is 13.6. The van der Waals surface area contributed by atoms with E-state index >= 15 is 0 Å². The van der Waals surface area contributed by atoms with Crippen LogP contribution in [-0.4, -0.2) is 24.1 Å². The van der Waals surface area contributed by atoms with Crippen molar-refractivity contribution in [3.8, 4) is 0 Å². The Balaban J connectivity index is 2.13. The molecule has 3 nitrogen and oxygen atoms in total. The second kappa shape index (κ2) is 7.28. The first-order valence-electron chi connectivity index (χ1n) is 7.76. The Morgan fingerprint density at radius 1 is 1.40 bits per heavy atom. The van der Waals surface area contributed by atoms with Crippen LogP contribution in [0.3, 0.4) is 0 Å². The molecule has 1 aliphatic heterocycles. The van der Waals surface area contributed by atoms with Crippen LogP contribution in [0.4, 0.5) is 5.82 Å². The molecule has 0 bridgehead atoms. The first-order chi connectivity index (χ1) is 9.63. The number of nitrogens with zero attached hydrogens (tertiary/aromatic N) is 2. The maximum atomic E-state index is 6.26. The van der Waals surface area contributed by atoms with Gasteiger partial charge in [0.15, 0.2) is 0 Å². The normalized spacial score (nSPS) is 23.1. The first kappa shape index (κ1) is 15.6. The monoisotopic (exact) mass is 295 g/mol. The Labute approximate surface area is 127 Å². The van der Waals surface area contributed by atoms with Gasteiger partial charge in [-0.3, -0.25) is 0 Å². The summed E-state index contributed by atoms with van der Waals surface area (Å²) in [5.74, 6) is 1.80. The van der Waals surface area contributed by atoms with E-state index < -0.39 is 0 Å². The van der Waals surface area contributed by atoms with E-state index in [4.69, 9.17) is 16.6 Å². The van der Waals surface area contributed by atoms with Gasteiger partial charge in [-0.2, -0.15) is 0 Å². The predicted octanol–water partition coefficient (Wildman–Crippen LogP) is 3.86. The van der Waals surface area contributed by atoms with Crippen molar-refractivity contribution >= 4 is 17.4 Å². The molecule has 2 unspecified atom stereocenters. The van der Waals surface area contributed by atoms with Crippen LogP contribution >= 0.6 is 11.6 Å². The summed E-state index contributed by atoms with van der Waals surface area (Å²) in [4.78, 5) is 7.21. The Morgan fingerprint density at radius 2 is 2.20 bits per heavy atom. The third-order valence-corrected chi connectivity index (χ3v) is 4.64. The summed E-state index contributed by atoms with van der Waals surface area (Å²) < 4.78 is 0. The summed E-state index contributed by atoms with van der Waals surface area (Å²) in [7, 11) is 0. The van der Waals surface area contributed by atoms with E-state index in [9.17, 15) is 0 Å². The third-order valence-electron chi connectivity index (χ3n) is 4.29. The highest BCUT2D eigenvalue weighted by atomic mass is 35.5. The van der Waals surface area contributed by atoms with Gasteiger partial charge in [0, 0.05) is 19.1 Å². The topological polar surface area (TPSA) is 28.2 Å². The number of aromatic nitrogens is 1. The molecule has 1 aromatic heterocycles. The second-order valence-corrected chi connectivity index (χ2v) is 6.24. The molecule has 2 atom stereocenters. The van der Waals surface area contributed by atoms with Gasteiger partial charge in [0.25, 0.3) is 0 Å². The molecule has 0 aliphatic carbocycles. The van der Waals surface area contributed by atoms with Crippen LogP contribution in [0.1, 0.15) is 45.7 Å². The molecular formula is C16H26ClN3. The highest BCUT2D eigenvalue weighted by Crippen LogP contribution is 2.28. The number of nitrogens with one attached hydrogen (secondary N) is 1. The van der Waals surface area contributed by atoms with Crippen molar-refractivity contribution < 1.29 is 0 Å². The van der Waals surface area contributed by atoms with Gasteiger partial charge in [-0.1, -0.05) is 25.4 Å². The number of anilines is 1. The number of hydrogen-bond donors (Lipinski definition) is 1. The van der Waals surface area contributed by atoms with Crippen LogP contribution in [-0.2, 0) is 6.54 Å². The van der Waals surface area contributed by atoms with Gasteiger partial charge in [-0.05, 0) is 50.8 Å². The van der Waals surface area contributed by atoms with E-state index in [1.54, 1.807) is 0 Å². The van der Waals surface area contributed by atoms with Crippen LogP contribution in [0.15, 0.2) is 12.1 Å². The summed E-state index contributed by atoms with van der Waals surface area (Å²) in [6, 6.07) is 4.59. The van der Waals surface area contributed by atoms with Crippen molar-refractivity contribution in [3.05, 3.63) is 22.8 Å². The van der Waals surface area contributed by atoms with Crippen molar-refractivity contribution in [3.63, 3.8) is 0 Å². The smallest absolute Gasteiger partial charge is 0.129 e. The van der Waals surface area contributed by atoms with E-state index in [0.717, 1.165) is 48.5 Å². The maximum Gasteiger partial charge on any atom is 0.129 e. The maximum absolute atomic E-state index is 6.26. The van der Waals surface area contributed by atoms with Gasteiger partial charge in [-0.25, -0.2) is 4.98 Å². The zero-order chi connectivity index (χ0) is 14.5. The molecule has 0 amide bonds. The number of pyridine rings is 1. The van der Waals surface area contributed by atoms with Crippen molar-refractivity contribution in [2.24, 2.45) is 5.92 Å². The molecule has 0 saturated carbocycles. The van der Waals surface area contributed by atoms with Crippen molar-refractivity contribution in [1.82, 2.24) is 10.3 Å². The lowest BCUT2D eigenvalue weighted by molar-refractivity contribution is 0.361. The summed E-state index contributed by atoms with van der Waals surface area (Å²) in [5.41, 5.74) is 0.961. The molecule has 2 rings (SSSR count). The van der Waals surface area contributed by atoms with Gasteiger partial charge < -0.3 is 10.2 Å². The fourth-order valence-corrected chi connectivity index (χ4v) is 2.97. The molecule has 1 fully saturated rings. The number of piperidine rings is 1. The lowest BCUT2D eigenvalue weighted by atomic mass is 9.92. The van der Waals surface area contributed by atoms with Gasteiger partial charge in [0.1, 0.15) is 5.82 Å². The molecule has 1 saturated heterocycles. The quantitative estimate of drug-likeness (QED) is 0.836. The minimum absolute atomic E-state index is 0.550. The summed E-state index contributed by atoms with van der Waals surface area (Å²) in [6.45, 7) is 9.64. The van der Waals surface area contributed by atoms with Crippen LogP contribution in [0.25, 0.3) is 0 Å². The number of hydrogen-bond acceptors (Lipinski definition) is 3. The molecule has 112 valence electrons. The van der Waals surface area contributed by atoms with E-state index in [2.05, 4.69) is 37.1 Å². The molecule has 0 spiro atoms. The standard InChI is InChI=1S/C16H26ClN3/c1-4-9-18-11-15-14(17)7-8-16(19-15)20-10-5-6-12(2)13(20)3/h7-8,12-13,18H,4-6,9-11H2,1-3H3. The third kappa shape index (κ3) is 3.64. The molecule has 1 aromatic rings. The largest absolute Gasteiger partial charge is 0.354 e. The molecule has 2 heterocycles. The minimum Gasteiger partial charge on any atom is -0.354 e. The van der Waals surface area contributed by atoms with E-state index in [1.807, 2.05) is 6.07 Å². The van der Waals surface area contributed by atoms with Crippen molar-refractivity contribution in [1.29, 1.82) is 0 Å². The Kier molecular flexibility index (Phi) is 5.67. The van der Waals surface area contributed by atoms with Crippen molar-refractivity contribution in [2.75, 3.05) is 18.0 Å². The molecule has 1 aliphatic rings. The van der Waals surface area contributed by atoms with E-state index in [1.165, 1.54) is 12.8 Å². The van der Waals surface area contributed by atoms with Crippen LogP contribution in [0.5, 0.6) is 0 Å². The van der Waals surface area contributed by atoms with Crippen LogP contribution in [0.2, 0.25) is 5.02 Å². The van der Waals surface area contributed by atoms with Gasteiger partial charge >= 0.3 is 0 Å². The SMILES string of the molecule is CCCNCc1nc(N2CCCC(C)C2C)ccc1Cl. The fraction of sp³-hybridized carbons (Fsp3) is 0.688. The summed E-state index contributed by atoms with van der Waals surface area (Å²) in [5, 5.41) is 4.14. The minimum atomic E-state index is 0.550.